The predicted octanol–water partition coefficient (Wildman–Crippen LogP) is 0.659. The van der Waals surface area contributed by atoms with Gasteiger partial charge in [-0.15, -0.1) is 0 Å². The molecule has 0 atom stereocenters. The third-order valence-corrected chi connectivity index (χ3v) is 2.37. The summed E-state index contributed by atoms with van der Waals surface area (Å²) in [6.07, 6.45) is 0. The van der Waals surface area contributed by atoms with Crippen LogP contribution in [0, 0.1) is 6.92 Å². The number of aromatic nitrogens is 1. The Morgan fingerprint density at radius 2 is 2.25 bits per heavy atom. The maximum absolute atomic E-state index is 5.56. The Bertz CT molecular complexity index is 292. The second kappa shape index (κ2) is 2.75. The zero-order valence-electron chi connectivity index (χ0n) is 7.17. The van der Waals surface area contributed by atoms with Gasteiger partial charge in [0.1, 0.15) is 5.82 Å². The number of nitrogens with one attached hydrogen (secondary N) is 1. The Kier molecular flexibility index (Phi) is 1.73. The van der Waals surface area contributed by atoms with Crippen LogP contribution in [0.1, 0.15) is 17.2 Å². The molecule has 3 nitrogen and oxygen atoms in total. The largest absolute Gasteiger partial charge is 0.384 e. The number of hydrogen-bond donors (Lipinski definition) is 2. The van der Waals surface area contributed by atoms with Gasteiger partial charge >= 0.3 is 0 Å². The van der Waals surface area contributed by atoms with Crippen molar-refractivity contribution < 1.29 is 0 Å². The van der Waals surface area contributed by atoms with Gasteiger partial charge in [-0.05, 0) is 18.6 Å². The first-order valence-electron chi connectivity index (χ1n) is 4.21. The Balaban J connectivity index is 2.31. The Labute approximate surface area is 72.0 Å². The van der Waals surface area contributed by atoms with Crippen LogP contribution in [0.5, 0.6) is 0 Å². The summed E-state index contributed by atoms with van der Waals surface area (Å²) in [4.78, 5) is 4.23. The third-order valence-electron chi connectivity index (χ3n) is 2.37. The van der Waals surface area contributed by atoms with E-state index in [-0.39, 0.29) is 0 Å². The third kappa shape index (κ3) is 1.16. The minimum Gasteiger partial charge on any atom is -0.384 e. The smallest absolute Gasteiger partial charge is 0.123 e. The fourth-order valence-electron chi connectivity index (χ4n) is 1.53. The topological polar surface area (TPSA) is 50.9 Å². The monoisotopic (exact) mass is 163 g/mol. The van der Waals surface area contributed by atoms with Crippen LogP contribution in [-0.4, -0.2) is 18.1 Å². The number of nitrogens with zero attached hydrogens (tertiary/aromatic N) is 1. The molecule has 64 valence electrons. The van der Waals surface area contributed by atoms with Crippen molar-refractivity contribution in [2.75, 3.05) is 18.8 Å². The zero-order chi connectivity index (χ0) is 8.55. The summed E-state index contributed by atoms with van der Waals surface area (Å²) in [5.41, 5.74) is 7.97. The van der Waals surface area contributed by atoms with Crippen LogP contribution in [0.25, 0.3) is 0 Å². The predicted molar refractivity (Wildman–Crippen MR) is 49.0 cm³/mol. The van der Waals surface area contributed by atoms with E-state index in [1.807, 2.05) is 13.0 Å². The second-order valence-corrected chi connectivity index (χ2v) is 3.27. The van der Waals surface area contributed by atoms with Crippen molar-refractivity contribution in [3.8, 4) is 0 Å². The molecule has 2 heterocycles. The molecule has 0 spiro atoms. The highest BCUT2D eigenvalue weighted by Gasteiger charge is 2.20. The quantitative estimate of drug-likeness (QED) is 0.639. The zero-order valence-corrected chi connectivity index (χ0v) is 7.17. The van der Waals surface area contributed by atoms with E-state index in [1.165, 1.54) is 5.56 Å². The molecule has 2 rings (SSSR count). The standard InChI is InChI=1S/C9H13N3/c1-6-8(7-4-11-5-7)2-3-9(10)12-6/h2-3,7,11H,4-5H2,1H3,(H2,10,12). The van der Waals surface area contributed by atoms with Gasteiger partial charge in [0.05, 0.1) is 0 Å². The summed E-state index contributed by atoms with van der Waals surface area (Å²) in [5, 5.41) is 3.24. The minimum atomic E-state index is 0.614. The maximum atomic E-state index is 5.56. The van der Waals surface area contributed by atoms with Crippen LogP contribution in [0.2, 0.25) is 0 Å². The van der Waals surface area contributed by atoms with Gasteiger partial charge in [0.25, 0.3) is 0 Å². The summed E-state index contributed by atoms with van der Waals surface area (Å²) in [6, 6.07) is 3.96. The molecule has 1 aliphatic heterocycles. The summed E-state index contributed by atoms with van der Waals surface area (Å²) in [5.74, 6) is 1.27. The highest BCUT2D eigenvalue weighted by molar-refractivity contribution is 5.36. The van der Waals surface area contributed by atoms with Crippen molar-refractivity contribution in [1.29, 1.82) is 0 Å². The summed E-state index contributed by atoms with van der Waals surface area (Å²) in [7, 11) is 0. The van der Waals surface area contributed by atoms with Crippen molar-refractivity contribution in [3.05, 3.63) is 23.4 Å². The number of nitrogens with two attached hydrogens (primary N) is 1. The van der Waals surface area contributed by atoms with Crippen molar-refractivity contribution in [2.45, 2.75) is 12.8 Å². The van der Waals surface area contributed by atoms with Gasteiger partial charge in [-0.3, -0.25) is 0 Å². The van der Waals surface area contributed by atoms with E-state index in [0.29, 0.717) is 11.7 Å². The lowest BCUT2D eigenvalue weighted by Gasteiger charge is -2.28. The molecule has 0 radical (unpaired) electrons. The lowest BCUT2D eigenvalue weighted by Crippen LogP contribution is -2.40. The van der Waals surface area contributed by atoms with Gasteiger partial charge in [-0.25, -0.2) is 4.98 Å². The van der Waals surface area contributed by atoms with Gasteiger partial charge in [-0.2, -0.15) is 0 Å². The van der Waals surface area contributed by atoms with Crippen molar-refractivity contribution in [2.24, 2.45) is 0 Å². The molecule has 1 aliphatic rings. The lowest BCUT2D eigenvalue weighted by molar-refractivity contribution is 0.446. The Morgan fingerprint density at radius 1 is 1.50 bits per heavy atom. The van der Waals surface area contributed by atoms with E-state index in [9.17, 15) is 0 Å². The van der Waals surface area contributed by atoms with E-state index in [0.717, 1.165) is 18.8 Å². The fraction of sp³-hybridized carbons (Fsp3) is 0.444. The van der Waals surface area contributed by atoms with E-state index >= 15 is 0 Å². The van der Waals surface area contributed by atoms with E-state index < -0.39 is 0 Å². The Hall–Kier alpha value is -1.09. The molecule has 0 aromatic carbocycles. The highest BCUT2D eigenvalue weighted by Crippen LogP contribution is 2.22. The molecular weight excluding hydrogens is 150 g/mol. The van der Waals surface area contributed by atoms with Crippen molar-refractivity contribution in [3.63, 3.8) is 0 Å². The molecule has 12 heavy (non-hydrogen) atoms. The van der Waals surface area contributed by atoms with Crippen LogP contribution in [0.4, 0.5) is 5.82 Å². The second-order valence-electron chi connectivity index (χ2n) is 3.27. The molecule has 0 bridgehead atoms. The molecule has 1 aromatic heterocycles. The number of hydrogen-bond acceptors (Lipinski definition) is 3. The summed E-state index contributed by atoms with van der Waals surface area (Å²) < 4.78 is 0. The lowest BCUT2D eigenvalue weighted by atomic mass is 9.93. The normalized spacial score (nSPS) is 17.4. The Morgan fingerprint density at radius 3 is 2.75 bits per heavy atom. The molecule has 0 amide bonds. The first-order valence-corrected chi connectivity index (χ1v) is 4.21. The summed E-state index contributed by atoms with van der Waals surface area (Å²) >= 11 is 0. The number of aryl methyl sites for hydroxylation is 1. The van der Waals surface area contributed by atoms with Gasteiger partial charge in [0.2, 0.25) is 0 Å². The average Bonchev–Trinajstić information content (AvgIpc) is 1.91. The first-order chi connectivity index (χ1) is 5.77. The van der Waals surface area contributed by atoms with E-state index in [4.69, 9.17) is 5.73 Å². The molecule has 0 aliphatic carbocycles. The van der Waals surface area contributed by atoms with Gasteiger partial charge in [0.15, 0.2) is 0 Å². The fourth-order valence-corrected chi connectivity index (χ4v) is 1.53. The highest BCUT2D eigenvalue weighted by atomic mass is 15.0. The van der Waals surface area contributed by atoms with E-state index in [2.05, 4.69) is 16.4 Å². The van der Waals surface area contributed by atoms with Gasteiger partial charge < -0.3 is 11.1 Å². The van der Waals surface area contributed by atoms with Crippen LogP contribution < -0.4 is 11.1 Å². The number of pyridine rings is 1. The number of nitrogen functional groups attached to an aromatic ring is 1. The van der Waals surface area contributed by atoms with Crippen LogP contribution >= 0.6 is 0 Å². The van der Waals surface area contributed by atoms with Crippen molar-refractivity contribution in [1.82, 2.24) is 10.3 Å². The first kappa shape index (κ1) is 7.55. The molecule has 1 aromatic rings. The van der Waals surface area contributed by atoms with Crippen LogP contribution in [0.3, 0.4) is 0 Å². The van der Waals surface area contributed by atoms with Crippen LogP contribution in [0.15, 0.2) is 12.1 Å². The maximum Gasteiger partial charge on any atom is 0.123 e. The molecular formula is C9H13N3. The number of anilines is 1. The van der Waals surface area contributed by atoms with Gasteiger partial charge in [0, 0.05) is 24.7 Å². The molecule has 1 saturated heterocycles. The molecule has 3 heteroatoms. The molecule has 3 N–H and O–H groups in total. The number of rotatable bonds is 1. The van der Waals surface area contributed by atoms with E-state index in [1.54, 1.807) is 0 Å². The average molecular weight is 163 g/mol. The minimum absolute atomic E-state index is 0.614. The van der Waals surface area contributed by atoms with Gasteiger partial charge in [-0.1, -0.05) is 6.07 Å². The molecule has 0 saturated carbocycles. The molecule has 1 fully saturated rings. The molecule has 0 unspecified atom stereocenters. The van der Waals surface area contributed by atoms with Crippen molar-refractivity contribution >= 4 is 5.82 Å². The van der Waals surface area contributed by atoms with Crippen LogP contribution in [-0.2, 0) is 0 Å². The SMILES string of the molecule is Cc1nc(N)ccc1C1CNC1. The summed E-state index contributed by atoms with van der Waals surface area (Å²) in [6.45, 7) is 4.17.